The number of carbonyl (C=O) groups is 1. The second-order valence-corrected chi connectivity index (χ2v) is 7.59. The molecule has 148 valence electrons. The number of imidazole rings is 1. The Morgan fingerprint density at radius 2 is 1.96 bits per heavy atom. The van der Waals surface area contributed by atoms with Crippen LogP contribution in [0.2, 0.25) is 0 Å². The molecule has 0 saturated carbocycles. The first-order valence-electron chi connectivity index (χ1n) is 9.20. The Balaban J connectivity index is 1.78. The highest BCUT2D eigenvalue weighted by molar-refractivity contribution is 7.98. The third-order valence-corrected chi connectivity index (χ3v) is 5.32. The van der Waals surface area contributed by atoms with E-state index in [2.05, 4.69) is 26.9 Å². The average molecular weight is 399 g/mol. The number of nitrogens with one attached hydrogen (secondary N) is 2. The molecule has 1 amide bonds. The first-order valence-corrected chi connectivity index (χ1v) is 10.6. The molecular formula is C21H26N4O2S. The number of benzene rings is 1. The highest BCUT2D eigenvalue weighted by atomic mass is 32.2. The van der Waals surface area contributed by atoms with Gasteiger partial charge in [-0.15, -0.1) is 0 Å². The fourth-order valence-electron chi connectivity index (χ4n) is 3.04. The predicted octanol–water partition coefficient (Wildman–Crippen LogP) is 4.78. The van der Waals surface area contributed by atoms with Gasteiger partial charge in [0.2, 0.25) is 0 Å². The van der Waals surface area contributed by atoms with Crippen molar-refractivity contribution in [1.29, 1.82) is 0 Å². The minimum Gasteiger partial charge on any atom is -0.448 e. The van der Waals surface area contributed by atoms with E-state index in [0.29, 0.717) is 13.2 Å². The molecule has 0 aliphatic heterocycles. The second-order valence-electron chi connectivity index (χ2n) is 6.61. The van der Waals surface area contributed by atoms with Crippen LogP contribution in [0.1, 0.15) is 22.5 Å². The van der Waals surface area contributed by atoms with Crippen molar-refractivity contribution < 1.29 is 9.53 Å². The molecule has 0 aliphatic carbocycles. The van der Waals surface area contributed by atoms with E-state index in [4.69, 9.17) is 4.74 Å². The molecule has 1 aromatic carbocycles. The third kappa shape index (κ3) is 4.42. The van der Waals surface area contributed by atoms with Crippen LogP contribution in [-0.4, -0.2) is 34.1 Å². The van der Waals surface area contributed by atoms with E-state index < -0.39 is 6.09 Å². The number of pyridine rings is 1. The normalized spacial score (nSPS) is 10.9. The Hall–Kier alpha value is -2.67. The van der Waals surface area contributed by atoms with Crippen molar-refractivity contribution in [3.8, 4) is 0 Å². The maximum atomic E-state index is 12.1. The molecule has 0 bridgehead atoms. The summed E-state index contributed by atoms with van der Waals surface area (Å²) in [6.45, 7) is 7.07. The Morgan fingerprint density at radius 1 is 1.18 bits per heavy atom. The van der Waals surface area contributed by atoms with Crippen molar-refractivity contribution in [3.05, 3.63) is 59.0 Å². The zero-order valence-electron chi connectivity index (χ0n) is 16.7. The number of ether oxygens (including phenoxy) is 1. The molecule has 0 spiro atoms. The molecule has 0 radical (unpaired) electrons. The lowest BCUT2D eigenvalue weighted by atomic mass is 10.1. The maximum Gasteiger partial charge on any atom is 0.411 e. The monoisotopic (exact) mass is 398 g/mol. The Bertz CT molecular complexity index is 984. The molecule has 2 N–H and O–H groups in total. The minimum atomic E-state index is -0.428. The number of aromatic nitrogens is 2. The van der Waals surface area contributed by atoms with Crippen molar-refractivity contribution >= 4 is 34.9 Å². The number of amides is 1. The first-order chi connectivity index (χ1) is 13.5. The molecule has 0 saturated heterocycles. The van der Waals surface area contributed by atoms with Gasteiger partial charge in [0.05, 0.1) is 11.4 Å². The topological polar surface area (TPSA) is 67.7 Å². The van der Waals surface area contributed by atoms with E-state index in [1.165, 1.54) is 0 Å². The fourth-order valence-corrected chi connectivity index (χ4v) is 3.29. The molecule has 2 heterocycles. The van der Waals surface area contributed by atoms with Crippen molar-refractivity contribution in [2.75, 3.05) is 29.2 Å². The highest BCUT2D eigenvalue weighted by Gasteiger charge is 2.12. The Morgan fingerprint density at radius 3 is 2.75 bits per heavy atom. The number of carbonyl (C=O) groups excluding carboxylic acids is 1. The molecule has 3 aromatic rings. The van der Waals surface area contributed by atoms with Crippen LogP contribution < -0.4 is 10.6 Å². The van der Waals surface area contributed by atoms with E-state index >= 15 is 0 Å². The van der Waals surface area contributed by atoms with Crippen LogP contribution in [0.3, 0.4) is 0 Å². The highest BCUT2D eigenvalue weighted by Crippen LogP contribution is 2.24. The largest absolute Gasteiger partial charge is 0.448 e. The average Bonchev–Trinajstić information content (AvgIpc) is 2.96. The predicted molar refractivity (Wildman–Crippen MR) is 117 cm³/mol. The first kappa shape index (κ1) is 20.1. The summed E-state index contributed by atoms with van der Waals surface area (Å²) in [4.78, 5) is 16.7. The van der Waals surface area contributed by atoms with E-state index in [9.17, 15) is 4.79 Å². The number of hydrogen-bond donors (Lipinski definition) is 2. The molecule has 2 aromatic heterocycles. The van der Waals surface area contributed by atoms with Gasteiger partial charge in [-0.2, -0.15) is 11.8 Å². The standard InChI is InChI=1S/C21H26N4O2S/c1-14-7-5-8-18(24-21(26)27-11-12-28-4)17(14)13-22-19-9-6-10-25-16(3)15(2)23-20(19)25/h5-10,22H,11-13H2,1-4H3,(H,24,26). The van der Waals surface area contributed by atoms with E-state index in [-0.39, 0.29) is 0 Å². The van der Waals surface area contributed by atoms with Crippen molar-refractivity contribution in [2.45, 2.75) is 27.3 Å². The van der Waals surface area contributed by atoms with Gasteiger partial charge >= 0.3 is 6.09 Å². The van der Waals surface area contributed by atoms with Gasteiger partial charge in [-0.05, 0) is 56.4 Å². The molecule has 28 heavy (non-hydrogen) atoms. The van der Waals surface area contributed by atoms with Crippen LogP contribution in [0.25, 0.3) is 5.65 Å². The van der Waals surface area contributed by atoms with Gasteiger partial charge in [-0.3, -0.25) is 5.32 Å². The van der Waals surface area contributed by atoms with Gasteiger partial charge in [-0.1, -0.05) is 12.1 Å². The smallest absolute Gasteiger partial charge is 0.411 e. The molecular weight excluding hydrogens is 372 g/mol. The number of nitrogens with zero attached hydrogens (tertiary/aromatic N) is 2. The quantitative estimate of drug-likeness (QED) is 0.561. The number of anilines is 2. The lowest BCUT2D eigenvalue weighted by molar-refractivity contribution is 0.169. The van der Waals surface area contributed by atoms with Crippen molar-refractivity contribution in [1.82, 2.24) is 9.38 Å². The lowest BCUT2D eigenvalue weighted by Gasteiger charge is -2.15. The van der Waals surface area contributed by atoms with Gasteiger partial charge in [0, 0.05) is 29.9 Å². The van der Waals surface area contributed by atoms with Gasteiger partial charge in [0.1, 0.15) is 6.61 Å². The van der Waals surface area contributed by atoms with Crippen LogP contribution in [0, 0.1) is 20.8 Å². The minimum absolute atomic E-state index is 0.396. The molecule has 6 nitrogen and oxygen atoms in total. The summed E-state index contributed by atoms with van der Waals surface area (Å²) in [6, 6.07) is 9.88. The SMILES string of the molecule is CSCCOC(=O)Nc1cccc(C)c1CNc1cccn2c(C)c(C)nc12. The lowest BCUT2D eigenvalue weighted by Crippen LogP contribution is -2.17. The van der Waals surface area contributed by atoms with Crippen LogP contribution in [-0.2, 0) is 11.3 Å². The molecule has 0 atom stereocenters. The summed E-state index contributed by atoms with van der Waals surface area (Å²) >= 11 is 1.64. The number of aryl methyl sites for hydroxylation is 3. The summed E-state index contributed by atoms with van der Waals surface area (Å²) in [7, 11) is 0. The van der Waals surface area contributed by atoms with E-state index in [0.717, 1.165) is 45.3 Å². The Labute approximate surface area is 169 Å². The van der Waals surface area contributed by atoms with Crippen LogP contribution in [0.4, 0.5) is 16.2 Å². The van der Waals surface area contributed by atoms with Gasteiger partial charge in [0.25, 0.3) is 0 Å². The molecule has 0 aliphatic rings. The number of rotatable bonds is 7. The van der Waals surface area contributed by atoms with Gasteiger partial charge in [0.15, 0.2) is 5.65 Å². The Kier molecular flexibility index (Phi) is 6.46. The van der Waals surface area contributed by atoms with Crippen molar-refractivity contribution in [2.24, 2.45) is 0 Å². The van der Waals surface area contributed by atoms with Crippen molar-refractivity contribution in [3.63, 3.8) is 0 Å². The summed E-state index contributed by atoms with van der Waals surface area (Å²) < 4.78 is 7.29. The molecule has 7 heteroatoms. The maximum absolute atomic E-state index is 12.1. The van der Waals surface area contributed by atoms with E-state index in [1.54, 1.807) is 11.8 Å². The molecule has 0 unspecified atom stereocenters. The van der Waals surface area contributed by atoms with Crippen LogP contribution in [0.15, 0.2) is 36.5 Å². The van der Waals surface area contributed by atoms with Gasteiger partial charge < -0.3 is 14.5 Å². The summed E-state index contributed by atoms with van der Waals surface area (Å²) in [5.74, 6) is 0.781. The second kappa shape index (κ2) is 9.01. The fraction of sp³-hybridized carbons (Fsp3) is 0.333. The third-order valence-electron chi connectivity index (χ3n) is 4.75. The van der Waals surface area contributed by atoms with Crippen LogP contribution in [0.5, 0.6) is 0 Å². The van der Waals surface area contributed by atoms with Gasteiger partial charge in [-0.25, -0.2) is 9.78 Å². The zero-order chi connectivity index (χ0) is 20.1. The zero-order valence-corrected chi connectivity index (χ0v) is 17.5. The number of hydrogen-bond acceptors (Lipinski definition) is 5. The number of fused-ring (bicyclic) bond motifs is 1. The van der Waals surface area contributed by atoms with E-state index in [1.807, 2.05) is 56.6 Å². The molecule has 3 rings (SSSR count). The summed E-state index contributed by atoms with van der Waals surface area (Å²) in [5, 5.41) is 6.34. The molecule has 0 fully saturated rings. The summed E-state index contributed by atoms with van der Waals surface area (Å²) in [5.41, 5.74) is 6.87. The number of thioether (sulfide) groups is 1. The summed E-state index contributed by atoms with van der Waals surface area (Å²) in [6.07, 6.45) is 3.57. The van der Waals surface area contributed by atoms with Crippen LogP contribution >= 0.6 is 11.8 Å².